The van der Waals surface area contributed by atoms with Gasteiger partial charge in [-0.05, 0) is 81.8 Å². The molecule has 8 aromatic rings. The molecule has 0 atom stereocenters. The zero-order chi connectivity index (χ0) is 37.1. The van der Waals surface area contributed by atoms with Gasteiger partial charge in [-0.25, -0.2) is 4.98 Å². The van der Waals surface area contributed by atoms with E-state index >= 15 is 0 Å². The Morgan fingerprint density at radius 1 is 0.585 bits per heavy atom. The van der Waals surface area contributed by atoms with E-state index in [1.807, 2.05) is 18.3 Å². The molecule has 0 saturated carbocycles. The van der Waals surface area contributed by atoms with Crippen molar-refractivity contribution in [3.63, 3.8) is 0 Å². The van der Waals surface area contributed by atoms with Crippen LogP contribution in [0.15, 0.2) is 140 Å². The number of hydrogen-bond donors (Lipinski definition) is 1. The normalized spacial score (nSPS) is 12.1. The Morgan fingerprint density at radius 3 is 2.06 bits per heavy atom. The number of aromatic nitrogens is 3. The first-order chi connectivity index (χ1) is 25.4. The summed E-state index contributed by atoms with van der Waals surface area (Å²) in [5, 5.41) is 14.6. The number of phenolic OH excluding ortho intramolecular Hbond substituents is 1. The predicted octanol–water partition coefficient (Wildman–Crippen LogP) is 12.9. The minimum Gasteiger partial charge on any atom is -0.507 e. The van der Waals surface area contributed by atoms with E-state index in [-0.39, 0.29) is 16.6 Å². The number of hydrogen-bond acceptors (Lipinski definition) is 3. The van der Waals surface area contributed by atoms with Crippen LogP contribution < -0.4 is 0 Å². The maximum Gasteiger partial charge on any atom is 0.149 e. The third-order valence-electron chi connectivity index (χ3n) is 10.3. The van der Waals surface area contributed by atoms with Gasteiger partial charge in [-0.1, -0.05) is 139 Å². The van der Waals surface area contributed by atoms with Crippen molar-refractivity contribution in [1.82, 2.24) is 14.5 Å². The quantitative estimate of drug-likeness (QED) is 0.195. The van der Waals surface area contributed by atoms with E-state index in [9.17, 15) is 5.11 Å². The van der Waals surface area contributed by atoms with Crippen LogP contribution in [0.4, 0.5) is 0 Å². The maximum absolute atomic E-state index is 12.4. The van der Waals surface area contributed by atoms with E-state index in [0.29, 0.717) is 5.82 Å². The third-order valence-corrected chi connectivity index (χ3v) is 10.3. The lowest BCUT2D eigenvalue weighted by Gasteiger charge is -2.28. The van der Waals surface area contributed by atoms with Crippen LogP contribution in [0.5, 0.6) is 5.75 Å². The zero-order valence-electron chi connectivity index (χ0n) is 31.6. The van der Waals surface area contributed by atoms with Gasteiger partial charge in [-0.15, -0.1) is 0 Å². The summed E-state index contributed by atoms with van der Waals surface area (Å²) in [6, 6.07) is 47.0. The first kappa shape index (κ1) is 34.1. The number of pyridine rings is 1. The second-order valence-corrected chi connectivity index (χ2v) is 16.2. The van der Waals surface area contributed by atoms with Gasteiger partial charge in [0.15, 0.2) is 0 Å². The van der Waals surface area contributed by atoms with Gasteiger partial charge in [0.1, 0.15) is 11.6 Å². The predicted molar refractivity (Wildman–Crippen MR) is 222 cm³/mol. The van der Waals surface area contributed by atoms with Crippen LogP contribution in [0.3, 0.4) is 0 Å². The Bertz CT molecular complexity index is 2640. The third kappa shape index (κ3) is 6.18. The average Bonchev–Trinajstić information content (AvgIpc) is 3.53. The van der Waals surface area contributed by atoms with Gasteiger partial charge >= 0.3 is 0 Å². The first-order valence-corrected chi connectivity index (χ1v) is 18.4. The molecule has 0 saturated heterocycles. The molecular formula is C49H45N3O. The summed E-state index contributed by atoms with van der Waals surface area (Å²) < 4.78 is 2.30. The first-order valence-electron chi connectivity index (χ1n) is 18.4. The summed E-state index contributed by atoms with van der Waals surface area (Å²) in [4.78, 5) is 10.3. The van der Waals surface area contributed by atoms with Crippen LogP contribution in [0.1, 0.15) is 58.2 Å². The largest absolute Gasteiger partial charge is 0.507 e. The molecule has 0 amide bonds. The Labute approximate surface area is 312 Å². The van der Waals surface area contributed by atoms with Gasteiger partial charge in [0, 0.05) is 33.8 Å². The van der Waals surface area contributed by atoms with E-state index in [1.54, 1.807) is 0 Å². The molecule has 4 heteroatoms. The lowest BCUT2D eigenvalue weighted by molar-refractivity contribution is 0.446. The van der Waals surface area contributed by atoms with E-state index < -0.39 is 0 Å². The summed E-state index contributed by atoms with van der Waals surface area (Å²) in [6.07, 6.45) is 1.84. The van der Waals surface area contributed by atoms with Crippen molar-refractivity contribution in [2.75, 3.05) is 0 Å². The Balaban J connectivity index is 1.53. The standard InChI is InChI=1S/C49H45N3O/c1-31-26-34(28-35(27-31)42-21-13-14-25-50-42)37-20-15-22-43-44(37)51-47(40-29-36(48(2,3)4)30-41(46(40)53)49(5,6)7)52(43)45-38-19-12-11-18-33(38)23-24-39(45)32-16-9-8-10-17-32/h8-30,53H,1-7H3. The number of aromatic hydroxyl groups is 1. The van der Waals surface area contributed by atoms with Crippen molar-refractivity contribution in [2.24, 2.45) is 0 Å². The van der Waals surface area contributed by atoms with Gasteiger partial charge in [0.25, 0.3) is 0 Å². The van der Waals surface area contributed by atoms with E-state index in [4.69, 9.17) is 4.98 Å². The topological polar surface area (TPSA) is 50.9 Å². The van der Waals surface area contributed by atoms with Crippen molar-refractivity contribution >= 4 is 21.8 Å². The number of fused-ring (bicyclic) bond motifs is 2. The lowest BCUT2D eigenvalue weighted by Crippen LogP contribution is -2.17. The Kier molecular flexibility index (Phi) is 8.30. The Morgan fingerprint density at radius 2 is 1.32 bits per heavy atom. The fourth-order valence-corrected chi connectivity index (χ4v) is 7.52. The highest BCUT2D eigenvalue weighted by Gasteiger charge is 2.29. The molecule has 4 nitrogen and oxygen atoms in total. The van der Waals surface area contributed by atoms with Crippen molar-refractivity contribution in [1.29, 1.82) is 0 Å². The van der Waals surface area contributed by atoms with Gasteiger partial charge in [0.05, 0.1) is 28.0 Å². The van der Waals surface area contributed by atoms with Gasteiger partial charge in [0.2, 0.25) is 0 Å². The highest BCUT2D eigenvalue weighted by Crippen LogP contribution is 2.46. The molecule has 0 radical (unpaired) electrons. The second-order valence-electron chi connectivity index (χ2n) is 16.2. The van der Waals surface area contributed by atoms with Crippen molar-refractivity contribution in [3.8, 4) is 56.3 Å². The summed E-state index contributed by atoms with van der Waals surface area (Å²) in [7, 11) is 0. The van der Waals surface area contributed by atoms with Crippen LogP contribution in [0.25, 0.3) is 72.4 Å². The van der Waals surface area contributed by atoms with Gasteiger partial charge < -0.3 is 5.11 Å². The summed E-state index contributed by atoms with van der Waals surface area (Å²) in [6.45, 7) is 15.3. The summed E-state index contributed by atoms with van der Waals surface area (Å²) in [5.41, 5.74) is 12.6. The number of aryl methyl sites for hydroxylation is 1. The number of nitrogens with zero attached hydrogens (tertiary/aromatic N) is 3. The minimum absolute atomic E-state index is 0.164. The molecule has 262 valence electrons. The molecule has 0 spiro atoms. The number of imidazole rings is 1. The average molecular weight is 692 g/mol. The smallest absolute Gasteiger partial charge is 0.149 e. The fraction of sp³-hybridized carbons (Fsp3) is 0.184. The molecule has 8 rings (SSSR count). The van der Waals surface area contributed by atoms with Crippen LogP contribution in [-0.2, 0) is 10.8 Å². The molecule has 2 heterocycles. The van der Waals surface area contributed by atoms with Crippen LogP contribution in [-0.4, -0.2) is 19.6 Å². The van der Waals surface area contributed by atoms with Crippen molar-refractivity contribution < 1.29 is 5.11 Å². The molecule has 0 fully saturated rings. The summed E-state index contributed by atoms with van der Waals surface area (Å²) >= 11 is 0. The van der Waals surface area contributed by atoms with Crippen molar-refractivity contribution in [3.05, 3.63) is 156 Å². The SMILES string of the molecule is Cc1cc(-c2ccccn2)cc(-c2cccc3c2nc(-c2cc(C(C)(C)C)cc(C(C)(C)C)c2O)n3-c2c(-c3ccccc3)ccc3ccccc23)c1. The van der Waals surface area contributed by atoms with Gasteiger partial charge in [-0.3, -0.25) is 9.55 Å². The molecule has 53 heavy (non-hydrogen) atoms. The number of rotatable bonds is 5. The fourth-order valence-electron chi connectivity index (χ4n) is 7.52. The Hall–Kier alpha value is -6.00. The molecule has 6 aromatic carbocycles. The molecular weight excluding hydrogens is 647 g/mol. The molecule has 0 aliphatic carbocycles. The molecule has 0 unspecified atom stereocenters. The summed E-state index contributed by atoms with van der Waals surface area (Å²) in [5.74, 6) is 0.964. The van der Waals surface area contributed by atoms with E-state index in [0.717, 1.165) is 83.3 Å². The van der Waals surface area contributed by atoms with E-state index in [1.165, 1.54) is 0 Å². The zero-order valence-corrected chi connectivity index (χ0v) is 31.6. The molecule has 0 aliphatic heterocycles. The van der Waals surface area contributed by atoms with Crippen LogP contribution >= 0.6 is 0 Å². The highest BCUT2D eigenvalue weighted by atomic mass is 16.3. The number of benzene rings is 6. The highest BCUT2D eigenvalue weighted by molar-refractivity contribution is 6.03. The van der Waals surface area contributed by atoms with E-state index in [2.05, 4.69) is 179 Å². The lowest BCUT2D eigenvalue weighted by atomic mass is 9.79. The molecule has 0 aliphatic rings. The van der Waals surface area contributed by atoms with Crippen molar-refractivity contribution in [2.45, 2.75) is 59.3 Å². The maximum atomic E-state index is 12.4. The number of phenols is 1. The minimum atomic E-state index is -0.305. The molecule has 0 bridgehead atoms. The van der Waals surface area contributed by atoms with Crippen LogP contribution in [0, 0.1) is 6.92 Å². The van der Waals surface area contributed by atoms with Gasteiger partial charge in [-0.2, -0.15) is 0 Å². The molecule has 1 N–H and O–H groups in total. The monoisotopic (exact) mass is 691 g/mol. The second kappa shape index (κ2) is 12.9. The number of para-hydroxylation sites is 1. The van der Waals surface area contributed by atoms with Crippen LogP contribution in [0.2, 0.25) is 0 Å². The molecule has 2 aromatic heterocycles.